The standard InChI is InChI=1S/CH2O2.Bi.H2O.3H/c2-1-3;;;;;/h1H,(H,2,3);;1H2;;;. The van der Waals surface area contributed by atoms with Crippen LogP contribution in [0.15, 0.2) is 0 Å². The second-order valence-corrected chi connectivity index (χ2v) is 0.105. The van der Waals surface area contributed by atoms with E-state index in [1.165, 1.54) is 0 Å². The first-order chi connectivity index (χ1) is 1.41. The van der Waals surface area contributed by atoms with Crippen LogP contribution in [-0.4, -0.2) is 43.3 Å². The molecule has 0 bridgehead atoms. The van der Waals surface area contributed by atoms with Gasteiger partial charge >= 0.3 is 26.2 Å². The third-order valence-corrected chi connectivity index (χ3v) is 0. The summed E-state index contributed by atoms with van der Waals surface area (Å²) in [4.78, 5) is 8.36. The van der Waals surface area contributed by atoms with E-state index in [-0.39, 0.29) is 38.2 Å². The molecule has 0 amide bonds. The number of carboxylic acid groups (broad SMARTS) is 1. The second kappa shape index (κ2) is 27.5. The molecule has 0 saturated carbocycles. The van der Waals surface area contributed by atoms with Crippen LogP contribution in [0.4, 0.5) is 0 Å². The van der Waals surface area contributed by atoms with E-state index in [2.05, 4.69) is 0 Å². The van der Waals surface area contributed by atoms with E-state index < -0.39 is 0 Å². The van der Waals surface area contributed by atoms with Crippen molar-refractivity contribution in [2.45, 2.75) is 0 Å². The van der Waals surface area contributed by atoms with Gasteiger partial charge in [-0.25, -0.2) is 0 Å². The molecule has 0 aromatic heterocycles. The zero-order chi connectivity index (χ0) is 2.71. The van der Waals surface area contributed by atoms with E-state index >= 15 is 0 Å². The molecule has 0 fully saturated rings. The molecule has 3 nitrogen and oxygen atoms in total. The molecular formula is CH7BiO3. The minimum atomic E-state index is -0.250. The van der Waals surface area contributed by atoms with Crippen molar-refractivity contribution >= 4 is 32.7 Å². The summed E-state index contributed by atoms with van der Waals surface area (Å²) in [6.45, 7) is -0.250. The van der Waals surface area contributed by atoms with Crippen molar-refractivity contribution in [2.75, 3.05) is 0 Å². The summed E-state index contributed by atoms with van der Waals surface area (Å²) >= 11 is 0. The molecule has 0 aliphatic rings. The van der Waals surface area contributed by atoms with Crippen LogP contribution in [0.2, 0.25) is 0 Å². The van der Waals surface area contributed by atoms with Crippen LogP contribution in [-0.2, 0) is 4.79 Å². The van der Waals surface area contributed by atoms with E-state index in [4.69, 9.17) is 9.90 Å². The summed E-state index contributed by atoms with van der Waals surface area (Å²) in [7, 11) is 0. The average Bonchev–Trinajstić information content (AvgIpc) is 0.918. The van der Waals surface area contributed by atoms with Crippen LogP contribution < -0.4 is 0 Å². The number of rotatable bonds is 0. The molecule has 0 unspecified atom stereocenters. The normalized spacial score (nSPS) is 2.40. The molecule has 0 heterocycles. The Morgan fingerprint density at radius 2 is 1.60 bits per heavy atom. The van der Waals surface area contributed by atoms with Crippen LogP contribution >= 0.6 is 0 Å². The van der Waals surface area contributed by atoms with Crippen molar-refractivity contribution in [3.63, 3.8) is 0 Å². The predicted molar refractivity (Wildman–Crippen MR) is 22.2 cm³/mol. The van der Waals surface area contributed by atoms with Crippen LogP contribution in [0, 0.1) is 0 Å². The van der Waals surface area contributed by atoms with E-state index in [1.807, 2.05) is 0 Å². The van der Waals surface area contributed by atoms with E-state index in [1.54, 1.807) is 0 Å². The molecule has 0 aliphatic carbocycles. The van der Waals surface area contributed by atoms with Gasteiger partial charge in [-0.15, -0.1) is 0 Å². The molecule has 0 aromatic rings. The van der Waals surface area contributed by atoms with E-state index in [0.29, 0.717) is 0 Å². The Bertz CT molecular complexity index is 14.4. The molecule has 0 spiro atoms. The molecule has 3 N–H and O–H groups in total. The molecule has 0 aliphatic heterocycles. The summed E-state index contributed by atoms with van der Waals surface area (Å²) < 4.78 is 0. The Morgan fingerprint density at radius 3 is 1.60 bits per heavy atom. The fourth-order valence-corrected chi connectivity index (χ4v) is 0. The Morgan fingerprint density at radius 1 is 1.60 bits per heavy atom. The van der Waals surface area contributed by atoms with Crippen molar-refractivity contribution in [1.29, 1.82) is 0 Å². The fourth-order valence-electron chi connectivity index (χ4n) is 0. The van der Waals surface area contributed by atoms with Gasteiger partial charge in [0.05, 0.1) is 0 Å². The van der Waals surface area contributed by atoms with Crippen LogP contribution in [0.1, 0.15) is 0 Å². The van der Waals surface area contributed by atoms with Gasteiger partial charge in [0, 0.05) is 0 Å². The third-order valence-electron chi connectivity index (χ3n) is 0. The molecule has 34 valence electrons. The monoisotopic (exact) mass is 276 g/mol. The van der Waals surface area contributed by atoms with Gasteiger partial charge in [-0.1, -0.05) is 0 Å². The SMILES string of the molecule is O.O=CO.[BiH3]. The Hall–Kier alpha value is 0.313. The zero-order valence-corrected chi connectivity index (χ0v) is 8.14. The van der Waals surface area contributed by atoms with Gasteiger partial charge in [0.15, 0.2) is 0 Å². The van der Waals surface area contributed by atoms with Gasteiger partial charge in [0.25, 0.3) is 6.47 Å². The number of carbonyl (C=O) groups is 1. The minimum absolute atomic E-state index is 0. The molecule has 0 radical (unpaired) electrons. The molecule has 0 rings (SSSR count). The predicted octanol–water partition coefficient (Wildman–Crippen LogP) is -2.31. The Labute approximate surface area is 48.4 Å². The molecule has 0 atom stereocenters. The summed E-state index contributed by atoms with van der Waals surface area (Å²) in [5.74, 6) is 0. The quantitative estimate of drug-likeness (QED) is 0.399. The zero-order valence-electron chi connectivity index (χ0n) is 2.64. The van der Waals surface area contributed by atoms with Gasteiger partial charge in [-0.05, 0) is 0 Å². The van der Waals surface area contributed by atoms with Crippen molar-refractivity contribution in [2.24, 2.45) is 0 Å². The molecule has 5 heavy (non-hydrogen) atoms. The summed E-state index contributed by atoms with van der Waals surface area (Å²) in [5.41, 5.74) is 0. The topological polar surface area (TPSA) is 68.8 Å². The summed E-state index contributed by atoms with van der Waals surface area (Å²) in [5, 5.41) is 6.89. The van der Waals surface area contributed by atoms with Gasteiger partial charge in [0.2, 0.25) is 0 Å². The van der Waals surface area contributed by atoms with Gasteiger partial charge in [-0.2, -0.15) is 0 Å². The van der Waals surface area contributed by atoms with Crippen molar-refractivity contribution < 1.29 is 15.4 Å². The average molecular weight is 276 g/mol. The summed E-state index contributed by atoms with van der Waals surface area (Å²) in [6.07, 6.45) is 0. The van der Waals surface area contributed by atoms with E-state index in [0.717, 1.165) is 0 Å². The second-order valence-electron chi connectivity index (χ2n) is 0.105. The van der Waals surface area contributed by atoms with Crippen LogP contribution in [0.3, 0.4) is 0 Å². The molecule has 0 aromatic carbocycles. The van der Waals surface area contributed by atoms with Gasteiger partial charge in [-0.3, -0.25) is 4.79 Å². The number of hydrogen-bond donors (Lipinski definition) is 1. The van der Waals surface area contributed by atoms with Crippen molar-refractivity contribution in [1.82, 2.24) is 0 Å². The molecular weight excluding hydrogens is 269 g/mol. The molecule has 4 heteroatoms. The van der Waals surface area contributed by atoms with Crippen LogP contribution in [0.25, 0.3) is 0 Å². The Kier molecular flexibility index (Phi) is 101. The first kappa shape index (κ1) is 18.5. The third kappa shape index (κ3) is 235. The summed E-state index contributed by atoms with van der Waals surface area (Å²) in [6, 6.07) is 0. The van der Waals surface area contributed by atoms with E-state index in [9.17, 15) is 0 Å². The molecule has 0 saturated heterocycles. The van der Waals surface area contributed by atoms with Crippen molar-refractivity contribution in [3.05, 3.63) is 0 Å². The first-order valence-corrected chi connectivity index (χ1v) is 0.494. The fraction of sp³-hybridized carbons (Fsp3) is 0. The van der Waals surface area contributed by atoms with Crippen molar-refractivity contribution in [3.8, 4) is 0 Å². The van der Waals surface area contributed by atoms with Gasteiger partial charge in [0.1, 0.15) is 0 Å². The van der Waals surface area contributed by atoms with Crippen LogP contribution in [0.5, 0.6) is 0 Å². The Balaban J connectivity index is -0.0000000200. The van der Waals surface area contributed by atoms with Gasteiger partial charge < -0.3 is 10.6 Å². The maximum absolute atomic E-state index is 8.36. The first-order valence-electron chi connectivity index (χ1n) is 0.494. The number of hydrogen-bond acceptors (Lipinski definition) is 1. The maximum atomic E-state index is 8.36.